The van der Waals surface area contributed by atoms with Gasteiger partial charge in [0.2, 0.25) is 0 Å². The van der Waals surface area contributed by atoms with Crippen LogP contribution in [0.3, 0.4) is 0 Å². The first-order valence-electron chi connectivity index (χ1n) is 16.9. The van der Waals surface area contributed by atoms with Gasteiger partial charge < -0.3 is 29.7 Å². The summed E-state index contributed by atoms with van der Waals surface area (Å²) in [5, 5.41) is 13.6. The minimum Gasteiger partial charge on any atom is -0.683 e. The van der Waals surface area contributed by atoms with Gasteiger partial charge in [-0.2, -0.15) is 0 Å². The topological polar surface area (TPSA) is 57.1 Å². The number of hydrogen-bond donors (Lipinski definition) is 0. The average Bonchev–Trinajstić information content (AvgIpc) is 3.73. The van der Waals surface area contributed by atoms with Crippen LogP contribution >= 0.6 is 0 Å². The molecule has 1 radical (unpaired) electrons. The van der Waals surface area contributed by atoms with E-state index in [1.54, 1.807) is 0 Å². The summed E-state index contributed by atoms with van der Waals surface area (Å²) < 4.78 is 6.89. The standard InChI is InChI=1S/3C14H17N2.Nd/c3*1-12-8-9-13(2)16(12)11-10-15-14-6-4-3-5-7-14;/h3*3-9H,10-11H2,1-2H3;/q3*-1;+3. The van der Waals surface area contributed by atoms with Crippen LogP contribution in [-0.4, -0.2) is 33.3 Å². The van der Waals surface area contributed by atoms with Crippen LogP contribution in [-0.2, 0) is 19.6 Å². The maximum atomic E-state index is 4.54. The second kappa shape index (κ2) is 21.4. The summed E-state index contributed by atoms with van der Waals surface area (Å²) in [7, 11) is 0. The number of benzene rings is 3. The fourth-order valence-corrected chi connectivity index (χ4v) is 5.59. The second-order valence-electron chi connectivity index (χ2n) is 12.0. The van der Waals surface area contributed by atoms with E-state index < -0.39 is 0 Å². The predicted molar refractivity (Wildman–Crippen MR) is 205 cm³/mol. The van der Waals surface area contributed by atoms with Gasteiger partial charge in [0, 0.05) is 53.8 Å². The largest absolute Gasteiger partial charge is 3.00 e. The Labute approximate surface area is 327 Å². The molecule has 6 aromatic rings. The smallest absolute Gasteiger partial charge is 0.683 e. The van der Waals surface area contributed by atoms with Crippen molar-refractivity contribution >= 4 is 17.1 Å². The van der Waals surface area contributed by atoms with Crippen molar-refractivity contribution in [3.05, 3.63) is 178 Å². The van der Waals surface area contributed by atoms with Gasteiger partial charge in [-0.05, 0) is 77.9 Å². The van der Waals surface area contributed by atoms with Crippen molar-refractivity contribution in [1.29, 1.82) is 0 Å². The Hall–Kier alpha value is -3.75. The van der Waals surface area contributed by atoms with Crippen molar-refractivity contribution in [1.82, 2.24) is 13.7 Å². The summed E-state index contributed by atoms with van der Waals surface area (Å²) in [5.41, 5.74) is 11.0. The normalized spacial score (nSPS) is 10.2. The number of aryl methyl sites for hydroxylation is 6. The second-order valence-corrected chi connectivity index (χ2v) is 12.0. The van der Waals surface area contributed by atoms with Crippen molar-refractivity contribution in [3.63, 3.8) is 0 Å². The molecule has 6 nitrogen and oxygen atoms in total. The molecule has 0 fully saturated rings. The molecular weight excluding hydrogens is 733 g/mol. The zero-order valence-electron chi connectivity index (χ0n) is 30.1. The van der Waals surface area contributed by atoms with E-state index >= 15 is 0 Å². The number of para-hydroxylation sites is 3. The maximum absolute atomic E-state index is 4.54. The third kappa shape index (κ3) is 13.2. The summed E-state index contributed by atoms with van der Waals surface area (Å²) in [6.45, 7) is 18.2. The Bertz CT molecular complexity index is 1490. The molecule has 7 heteroatoms. The quantitative estimate of drug-likeness (QED) is 0.119. The zero-order valence-corrected chi connectivity index (χ0v) is 33.3. The summed E-state index contributed by atoms with van der Waals surface area (Å²) in [6.07, 6.45) is 0. The van der Waals surface area contributed by atoms with Gasteiger partial charge in [-0.25, -0.2) is 0 Å². The fourth-order valence-electron chi connectivity index (χ4n) is 5.59. The number of aromatic nitrogens is 3. The molecule has 0 bridgehead atoms. The van der Waals surface area contributed by atoms with Crippen molar-refractivity contribution in [3.8, 4) is 0 Å². The number of nitrogens with zero attached hydrogens (tertiary/aromatic N) is 6. The Morgan fingerprint density at radius 3 is 0.735 bits per heavy atom. The molecule has 3 aromatic heterocycles. The molecule has 0 saturated carbocycles. The fraction of sp³-hybridized carbons (Fsp3) is 0.286. The van der Waals surface area contributed by atoms with Crippen LogP contribution in [0.2, 0.25) is 0 Å². The molecule has 6 rings (SSSR count). The first kappa shape index (κ1) is 39.7. The zero-order chi connectivity index (χ0) is 34.1. The van der Waals surface area contributed by atoms with Crippen molar-refractivity contribution in [2.75, 3.05) is 19.6 Å². The van der Waals surface area contributed by atoms with Crippen LogP contribution in [0, 0.1) is 82.4 Å². The molecule has 0 amide bonds. The van der Waals surface area contributed by atoms with E-state index in [9.17, 15) is 0 Å². The van der Waals surface area contributed by atoms with Gasteiger partial charge in [0.15, 0.2) is 0 Å². The van der Waals surface area contributed by atoms with E-state index in [2.05, 4.69) is 108 Å². The minimum atomic E-state index is 0. The molecule has 0 unspecified atom stereocenters. The minimum absolute atomic E-state index is 0. The van der Waals surface area contributed by atoms with Gasteiger partial charge in [-0.1, -0.05) is 91.0 Å². The van der Waals surface area contributed by atoms with E-state index in [4.69, 9.17) is 0 Å². The van der Waals surface area contributed by atoms with E-state index in [-0.39, 0.29) is 40.8 Å². The van der Waals surface area contributed by atoms with E-state index in [0.29, 0.717) is 0 Å². The van der Waals surface area contributed by atoms with E-state index in [1.165, 1.54) is 34.2 Å². The first-order chi connectivity index (χ1) is 23.3. The van der Waals surface area contributed by atoms with Gasteiger partial charge in [0.25, 0.3) is 0 Å². The molecule has 3 aromatic carbocycles. The third-order valence-corrected chi connectivity index (χ3v) is 8.37. The van der Waals surface area contributed by atoms with Crippen LogP contribution in [0.5, 0.6) is 0 Å². The Morgan fingerprint density at radius 2 is 0.531 bits per heavy atom. The molecule has 0 aliphatic heterocycles. The summed E-state index contributed by atoms with van der Waals surface area (Å²) in [4.78, 5) is 0. The van der Waals surface area contributed by atoms with Gasteiger partial charge in [-0.3, -0.25) is 0 Å². The third-order valence-electron chi connectivity index (χ3n) is 8.37. The number of hydrogen-bond acceptors (Lipinski definition) is 0. The summed E-state index contributed by atoms with van der Waals surface area (Å²) in [5.74, 6) is 0. The molecule has 3 heterocycles. The summed E-state index contributed by atoms with van der Waals surface area (Å²) >= 11 is 0. The predicted octanol–water partition coefficient (Wildman–Crippen LogP) is 11.4. The SMILES string of the molecule is Cc1ccc(C)n1CC[N-]c1ccccc1.Cc1ccc(C)n1CC[N-]c1ccccc1.Cc1ccc(C)n1CC[N-]c1ccccc1.[Nd+3]. The summed E-state index contributed by atoms with van der Waals surface area (Å²) in [6, 6.07) is 43.3. The van der Waals surface area contributed by atoms with Gasteiger partial charge in [0.05, 0.1) is 0 Å². The Morgan fingerprint density at radius 1 is 0.327 bits per heavy atom. The molecule has 0 aliphatic carbocycles. The van der Waals surface area contributed by atoms with Crippen LogP contribution in [0.1, 0.15) is 34.2 Å². The van der Waals surface area contributed by atoms with Gasteiger partial charge >= 0.3 is 40.8 Å². The molecule has 0 spiro atoms. The first-order valence-corrected chi connectivity index (χ1v) is 16.9. The van der Waals surface area contributed by atoms with Crippen LogP contribution < -0.4 is 0 Å². The van der Waals surface area contributed by atoms with Gasteiger partial charge in [0.1, 0.15) is 0 Å². The Balaban J connectivity index is 0.000000197. The van der Waals surface area contributed by atoms with Crippen LogP contribution in [0.15, 0.2) is 127 Å². The molecular formula is C42H51N6Nd. The molecule has 253 valence electrons. The van der Waals surface area contributed by atoms with E-state index in [0.717, 1.165) is 56.3 Å². The van der Waals surface area contributed by atoms with Crippen molar-refractivity contribution in [2.24, 2.45) is 0 Å². The van der Waals surface area contributed by atoms with Gasteiger partial charge in [-0.15, -0.1) is 36.7 Å². The molecule has 0 aliphatic rings. The monoisotopic (exact) mass is 781 g/mol. The molecule has 0 saturated heterocycles. The van der Waals surface area contributed by atoms with Crippen molar-refractivity contribution < 1.29 is 40.8 Å². The Kier molecular flexibility index (Phi) is 17.3. The molecule has 49 heavy (non-hydrogen) atoms. The van der Waals surface area contributed by atoms with E-state index in [1.807, 2.05) is 91.0 Å². The molecule has 0 N–H and O–H groups in total. The maximum Gasteiger partial charge on any atom is 3.00 e. The average molecular weight is 784 g/mol. The van der Waals surface area contributed by atoms with Crippen LogP contribution in [0.4, 0.5) is 17.1 Å². The van der Waals surface area contributed by atoms with Crippen LogP contribution in [0.25, 0.3) is 16.0 Å². The molecule has 0 atom stereocenters. The van der Waals surface area contributed by atoms with Crippen molar-refractivity contribution in [2.45, 2.75) is 61.2 Å². The number of rotatable bonds is 12.